The van der Waals surface area contributed by atoms with Crippen LogP contribution in [0.3, 0.4) is 0 Å². The van der Waals surface area contributed by atoms with Gasteiger partial charge >= 0.3 is 0 Å². The van der Waals surface area contributed by atoms with Crippen molar-refractivity contribution in [2.45, 2.75) is 32.4 Å². The van der Waals surface area contributed by atoms with Crippen molar-refractivity contribution >= 4 is 5.91 Å². The number of amides is 1. The Labute approximate surface area is 112 Å². The molecule has 1 aromatic rings. The van der Waals surface area contributed by atoms with Gasteiger partial charge in [-0.25, -0.2) is 0 Å². The largest absolute Gasteiger partial charge is 0.377 e. The molecule has 2 N–H and O–H groups in total. The van der Waals surface area contributed by atoms with Crippen LogP contribution < -0.4 is 5.73 Å². The Kier molecular flexibility index (Phi) is 4.55. The molecule has 1 amide bonds. The predicted molar refractivity (Wildman–Crippen MR) is 69.5 cm³/mol. The zero-order valence-electron chi connectivity index (χ0n) is 11.5. The van der Waals surface area contributed by atoms with Crippen LogP contribution in [0.1, 0.15) is 36.0 Å². The lowest BCUT2D eigenvalue weighted by atomic mass is 9.91. The zero-order valence-corrected chi connectivity index (χ0v) is 11.5. The van der Waals surface area contributed by atoms with E-state index in [1.165, 1.54) is 0 Å². The normalized spacial score (nSPS) is 18.6. The van der Waals surface area contributed by atoms with Crippen LogP contribution >= 0.6 is 0 Å². The van der Waals surface area contributed by atoms with Crippen LogP contribution in [0.4, 0.5) is 0 Å². The maximum Gasteiger partial charge on any atom is 0.276 e. The average molecular weight is 267 g/mol. The van der Waals surface area contributed by atoms with E-state index in [4.69, 9.17) is 15.0 Å². The molecule has 6 heteroatoms. The number of likely N-dealkylation sites (tertiary alicyclic amines) is 1. The lowest BCUT2D eigenvalue weighted by Crippen LogP contribution is -2.42. The monoisotopic (exact) mass is 267 g/mol. The first kappa shape index (κ1) is 14.0. The summed E-state index contributed by atoms with van der Waals surface area (Å²) in [6.45, 7) is 3.82. The molecule has 0 bridgehead atoms. The molecule has 0 radical (unpaired) electrons. The molecule has 0 aliphatic carbocycles. The number of piperidine rings is 1. The number of hydrogen-bond donors (Lipinski definition) is 1. The Morgan fingerprint density at radius 1 is 1.63 bits per heavy atom. The van der Waals surface area contributed by atoms with Gasteiger partial charge in [0.25, 0.3) is 5.91 Å². The standard InChI is InChI=1S/C13H21N3O3/c1-9(14)10-3-5-16(6-4-10)13(17)12-7-11(8-18-2)19-15-12/h7,9-10H,3-6,8,14H2,1-2H3. The van der Waals surface area contributed by atoms with Gasteiger partial charge in [0, 0.05) is 32.3 Å². The van der Waals surface area contributed by atoms with Gasteiger partial charge in [0.15, 0.2) is 11.5 Å². The van der Waals surface area contributed by atoms with E-state index < -0.39 is 0 Å². The first-order chi connectivity index (χ1) is 9.11. The highest BCUT2D eigenvalue weighted by Crippen LogP contribution is 2.21. The van der Waals surface area contributed by atoms with E-state index >= 15 is 0 Å². The fourth-order valence-corrected chi connectivity index (χ4v) is 2.41. The minimum atomic E-state index is -0.0748. The van der Waals surface area contributed by atoms with Gasteiger partial charge in [-0.1, -0.05) is 5.16 Å². The van der Waals surface area contributed by atoms with Gasteiger partial charge in [0.05, 0.1) is 0 Å². The highest BCUT2D eigenvalue weighted by molar-refractivity contribution is 5.92. The first-order valence-corrected chi connectivity index (χ1v) is 6.61. The summed E-state index contributed by atoms with van der Waals surface area (Å²) in [5, 5.41) is 3.79. The van der Waals surface area contributed by atoms with Gasteiger partial charge in [0.2, 0.25) is 0 Å². The van der Waals surface area contributed by atoms with E-state index in [0.29, 0.717) is 24.0 Å². The lowest BCUT2D eigenvalue weighted by molar-refractivity contribution is 0.0670. The molecular weight excluding hydrogens is 246 g/mol. The van der Waals surface area contributed by atoms with Crippen LogP contribution in [-0.4, -0.2) is 42.2 Å². The number of aromatic nitrogens is 1. The molecule has 2 rings (SSSR count). The summed E-state index contributed by atoms with van der Waals surface area (Å²) in [5.41, 5.74) is 6.24. The molecule has 6 nitrogen and oxygen atoms in total. The van der Waals surface area contributed by atoms with Crippen molar-refractivity contribution in [2.24, 2.45) is 11.7 Å². The molecule has 1 fully saturated rings. The van der Waals surface area contributed by atoms with E-state index in [1.807, 2.05) is 11.8 Å². The second-order valence-electron chi connectivity index (χ2n) is 5.10. The fourth-order valence-electron chi connectivity index (χ4n) is 2.41. The first-order valence-electron chi connectivity index (χ1n) is 6.61. The highest BCUT2D eigenvalue weighted by atomic mass is 16.5. The number of ether oxygens (including phenoxy) is 1. The number of carbonyl (C=O) groups is 1. The summed E-state index contributed by atoms with van der Waals surface area (Å²) in [6.07, 6.45) is 1.90. The van der Waals surface area contributed by atoms with E-state index in [-0.39, 0.29) is 11.9 Å². The van der Waals surface area contributed by atoms with Gasteiger partial charge in [0.1, 0.15) is 6.61 Å². The summed E-state index contributed by atoms with van der Waals surface area (Å²) < 4.78 is 9.97. The van der Waals surface area contributed by atoms with Crippen molar-refractivity contribution in [3.8, 4) is 0 Å². The van der Waals surface area contributed by atoms with Crippen molar-refractivity contribution in [1.82, 2.24) is 10.1 Å². The molecule has 19 heavy (non-hydrogen) atoms. The SMILES string of the molecule is COCc1cc(C(=O)N2CCC(C(C)N)CC2)no1. The lowest BCUT2D eigenvalue weighted by Gasteiger charge is -2.33. The predicted octanol–water partition coefficient (Wildman–Crippen LogP) is 1.02. The molecule has 106 valence electrons. The number of methoxy groups -OCH3 is 1. The molecule has 1 aliphatic rings. The molecule has 1 saturated heterocycles. The molecule has 2 heterocycles. The second-order valence-corrected chi connectivity index (χ2v) is 5.10. The molecule has 1 unspecified atom stereocenters. The number of carbonyl (C=O) groups excluding carboxylic acids is 1. The maximum atomic E-state index is 12.2. The zero-order chi connectivity index (χ0) is 13.8. The second kappa shape index (κ2) is 6.16. The minimum absolute atomic E-state index is 0.0748. The Balaban J connectivity index is 1.93. The van der Waals surface area contributed by atoms with Crippen LogP contribution in [-0.2, 0) is 11.3 Å². The molecule has 1 aliphatic heterocycles. The molecule has 0 saturated carbocycles. The third-order valence-electron chi connectivity index (χ3n) is 3.64. The highest BCUT2D eigenvalue weighted by Gasteiger charge is 2.27. The van der Waals surface area contributed by atoms with Gasteiger partial charge in [-0.05, 0) is 25.7 Å². The summed E-state index contributed by atoms with van der Waals surface area (Å²) >= 11 is 0. The van der Waals surface area contributed by atoms with E-state index in [1.54, 1.807) is 13.2 Å². The molecule has 0 spiro atoms. The summed E-state index contributed by atoms with van der Waals surface area (Å²) in [5.74, 6) is 0.996. The average Bonchev–Trinajstić information content (AvgIpc) is 2.87. The van der Waals surface area contributed by atoms with Crippen molar-refractivity contribution in [1.29, 1.82) is 0 Å². The maximum absolute atomic E-state index is 12.2. The summed E-state index contributed by atoms with van der Waals surface area (Å²) in [7, 11) is 1.57. The third kappa shape index (κ3) is 3.33. The number of nitrogens with zero attached hydrogens (tertiary/aromatic N) is 2. The summed E-state index contributed by atoms with van der Waals surface area (Å²) in [4.78, 5) is 14.0. The molecule has 1 aromatic heterocycles. The Hall–Kier alpha value is -1.40. The van der Waals surface area contributed by atoms with E-state index in [9.17, 15) is 4.79 Å². The minimum Gasteiger partial charge on any atom is -0.377 e. The number of hydrogen-bond acceptors (Lipinski definition) is 5. The number of nitrogens with two attached hydrogens (primary N) is 1. The van der Waals surface area contributed by atoms with Crippen molar-refractivity contribution in [2.75, 3.05) is 20.2 Å². The van der Waals surface area contributed by atoms with Crippen LogP contribution in [0.15, 0.2) is 10.6 Å². The van der Waals surface area contributed by atoms with Gasteiger partial charge in [-0.3, -0.25) is 4.79 Å². The molecule has 1 atom stereocenters. The van der Waals surface area contributed by atoms with Crippen LogP contribution in [0.25, 0.3) is 0 Å². The summed E-state index contributed by atoms with van der Waals surface area (Å²) in [6, 6.07) is 1.83. The topological polar surface area (TPSA) is 81.6 Å². The van der Waals surface area contributed by atoms with Crippen LogP contribution in [0.5, 0.6) is 0 Å². The van der Waals surface area contributed by atoms with E-state index in [2.05, 4.69) is 5.16 Å². The molecule has 0 aromatic carbocycles. The van der Waals surface area contributed by atoms with E-state index in [0.717, 1.165) is 25.9 Å². The van der Waals surface area contributed by atoms with Crippen molar-refractivity contribution in [3.63, 3.8) is 0 Å². The number of rotatable bonds is 4. The van der Waals surface area contributed by atoms with Crippen LogP contribution in [0.2, 0.25) is 0 Å². The third-order valence-corrected chi connectivity index (χ3v) is 3.64. The van der Waals surface area contributed by atoms with Gasteiger partial charge in [-0.2, -0.15) is 0 Å². The van der Waals surface area contributed by atoms with Gasteiger partial charge in [-0.15, -0.1) is 0 Å². The smallest absolute Gasteiger partial charge is 0.276 e. The van der Waals surface area contributed by atoms with Crippen molar-refractivity contribution in [3.05, 3.63) is 17.5 Å². The molecular formula is C13H21N3O3. The fraction of sp³-hybridized carbons (Fsp3) is 0.692. The van der Waals surface area contributed by atoms with Crippen LogP contribution in [0, 0.1) is 5.92 Å². The van der Waals surface area contributed by atoms with Crippen molar-refractivity contribution < 1.29 is 14.1 Å². The Bertz CT molecular complexity index is 423. The quantitative estimate of drug-likeness (QED) is 0.880. The Morgan fingerprint density at radius 3 is 2.89 bits per heavy atom. The Morgan fingerprint density at radius 2 is 2.32 bits per heavy atom. The van der Waals surface area contributed by atoms with Gasteiger partial charge < -0.3 is 19.9 Å².